The number of ether oxygens (including phenoxy) is 1. The van der Waals surface area contributed by atoms with E-state index in [9.17, 15) is 19.5 Å². The first-order chi connectivity index (χ1) is 18.4. The van der Waals surface area contributed by atoms with Crippen LogP contribution in [0.3, 0.4) is 0 Å². The molecule has 1 aromatic carbocycles. The second-order valence-electron chi connectivity index (χ2n) is 11.3. The number of carbonyl (C=O) groups is 3. The van der Waals surface area contributed by atoms with E-state index >= 15 is 0 Å². The highest BCUT2D eigenvalue weighted by Crippen LogP contribution is 2.23. The van der Waals surface area contributed by atoms with Crippen molar-refractivity contribution in [2.45, 2.75) is 79.0 Å². The van der Waals surface area contributed by atoms with Crippen LogP contribution in [0, 0.1) is 11.3 Å². The van der Waals surface area contributed by atoms with E-state index in [0.717, 1.165) is 28.6 Å². The Kier molecular flexibility index (Phi) is 10.2. The summed E-state index contributed by atoms with van der Waals surface area (Å²) < 4.78 is 6.10. The lowest BCUT2D eigenvalue weighted by molar-refractivity contribution is -0.150. The number of aliphatic carboxylic acids is 1. The highest BCUT2D eigenvalue weighted by atomic mass is 16.5. The van der Waals surface area contributed by atoms with Crippen LogP contribution in [0.15, 0.2) is 36.4 Å². The van der Waals surface area contributed by atoms with E-state index in [0.29, 0.717) is 26.0 Å². The minimum atomic E-state index is -1.00. The summed E-state index contributed by atoms with van der Waals surface area (Å²) in [6.07, 6.45) is 5.28. The predicted molar refractivity (Wildman–Crippen MR) is 152 cm³/mol. The summed E-state index contributed by atoms with van der Waals surface area (Å²) in [7, 11) is 0. The van der Waals surface area contributed by atoms with E-state index in [2.05, 4.69) is 54.1 Å². The summed E-state index contributed by atoms with van der Waals surface area (Å²) in [5, 5.41) is 14.4. The van der Waals surface area contributed by atoms with Crippen molar-refractivity contribution < 1.29 is 24.2 Å². The molecule has 3 N–H and O–H groups in total. The molecule has 1 aliphatic heterocycles. The van der Waals surface area contributed by atoms with Gasteiger partial charge in [-0.2, -0.15) is 0 Å². The normalized spacial score (nSPS) is 17.9. The largest absolute Gasteiger partial charge is 0.480 e. The molecule has 2 heterocycles. The number of carbonyl (C=O) groups excluding carboxylic acids is 2. The van der Waals surface area contributed by atoms with Gasteiger partial charge >= 0.3 is 5.97 Å². The molecule has 1 aliphatic rings. The van der Waals surface area contributed by atoms with E-state index in [4.69, 9.17) is 9.72 Å². The molecule has 1 aromatic heterocycles. The molecule has 0 spiro atoms. The summed E-state index contributed by atoms with van der Waals surface area (Å²) in [6.45, 7) is 12.3. The summed E-state index contributed by atoms with van der Waals surface area (Å²) in [6, 6.07) is 8.69. The van der Waals surface area contributed by atoms with E-state index in [1.165, 1.54) is 5.01 Å². The van der Waals surface area contributed by atoms with Crippen molar-refractivity contribution in [3.05, 3.63) is 47.7 Å². The highest BCUT2D eigenvalue weighted by Gasteiger charge is 2.32. The third kappa shape index (κ3) is 8.34. The lowest BCUT2D eigenvalue weighted by Crippen LogP contribution is -2.60. The van der Waals surface area contributed by atoms with Gasteiger partial charge in [-0.05, 0) is 49.8 Å². The van der Waals surface area contributed by atoms with E-state index in [1.807, 2.05) is 33.8 Å². The molecular formula is C30H42N4O5. The molecule has 0 aliphatic carbocycles. The van der Waals surface area contributed by atoms with Crippen LogP contribution in [0.4, 0.5) is 0 Å². The van der Waals surface area contributed by atoms with Gasteiger partial charge in [0.2, 0.25) is 5.91 Å². The van der Waals surface area contributed by atoms with Crippen LogP contribution in [0.5, 0.6) is 0 Å². The number of hydrazine groups is 1. The Labute approximate surface area is 231 Å². The second kappa shape index (κ2) is 13.2. The quantitative estimate of drug-likeness (QED) is 0.396. The number of aromatic nitrogens is 1. The number of nitrogens with one attached hydrogen (secondary N) is 2. The molecule has 0 saturated carbocycles. The molecule has 39 heavy (non-hydrogen) atoms. The van der Waals surface area contributed by atoms with Gasteiger partial charge in [-0.25, -0.2) is 5.43 Å². The minimum absolute atomic E-state index is 0.115. The number of carboxylic acid groups (broad SMARTS) is 1. The second-order valence-corrected chi connectivity index (χ2v) is 11.3. The lowest BCUT2D eigenvalue weighted by atomic mass is 9.93. The van der Waals surface area contributed by atoms with Crippen LogP contribution in [0.25, 0.3) is 17.0 Å². The van der Waals surface area contributed by atoms with Gasteiger partial charge in [-0.3, -0.25) is 24.4 Å². The number of amides is 2. The lowest BCUT2D eigenvalue weighted by Gasteiger charge is -2.34. The number of benzene rings is 1. The Balaban J connectivity index is 1.59. The van der Waals surface area contributed by atoms with Crippen LogP contribution in [0.2, 0.25) is 0 Å². The van der Waals surface area contributed by atoms with Crippen molar-refractivity contribution in [1.29, 1.82) is 0 Å². The SMILES string of the molecule is CCc1ccc2ccc(/C=C/C(C)(C)COC(C(=O)N[C@@H](C)C(=O)N3CCC[C@@H](C(=O)O)N3)C(C)C)cc2n1. The number of nitrogens with zero attached hydrogens (tertiary/aromatic N) is 2. The van der Waals surface area contributed by atoms with Gasteiger partial charge in [0, 0.05) is 23.0 Å². The summed E-state index contributed by atoms with van der Waals surface area (Å²) in [5.41, 5.74) is 5.44. The summed E-state index contributed by atoms with van der Waals surface area (Å²) >= 11 is 0. The van der Waals surface area contributed by atoms with Gasteiger partial charge in [0.15, 0.2) is 0 Å². The summed E-state index contributed by atoms with van der Waals surface area (Å²) in [5.74, 6) is -1.87. The molecule has 212 valence electrons. The molecule has 3 atom stereocenters. The molecule has 3 rings (SSSR count). The first-order valence-corrected chi connectivity index (χ1v) is 13.7. The van der Waals surface area contributed by atoms with Crippen LogP contribution in [0.1, 0.15) is 65.6 Å². The van der Waals surface area contributed by atoms with Gasteiger partial charge in [0.1, 0.15) is 18.2 Å². The maximum atomic E-state index is 13.1. The molecule has 9 nitrogen and oxygen atoms in total. The van der Waals surface area contributed by atoms with Gasteiger partial charge in [0.05, 0.1) is 12.1 Å². The number of pyridine rings is 1. The van der Waals surface area contributed by atoms with Crippen molar-refractivity contribution >= 4 is 34.8 Å². The average molecular weight is 539 g/mol. The Morgan fingerprint density at radius 2 is 1.95 bits per heavy atom. The van der Waals surface area contributed by atoms with Gasteiger partial charge in [0.25, 0.3) is 5.91 Å². The fourth-order valence-corrected chi connectivity index (χ4v) is 4.44. The third-order valence-corrected chi connectivity index (χ3v) is 6.84. The molecule has 9 heteroatoms. The molecule has 2 aromatic rings. The smallest absolute Gasteiger partial charge is 0.322 e. The maximum Gasteiger partial charge on any atom is 0.322 e. The fourth-order valence-electron chi connectivity index (χ4n) is 4.44. The average Bonchev–Trinajstić information content (AvgIpc) is 2.90. The van der Waals surface area contributed by atoms with Gasteiger partial charge in [-0.1, -0.05) is 65.0 Å². The summed E-state index contributed by atoms with van der Waals surface area (Å²) in [4.78, 5) is 41.9. The maximum absolute atomic E-state index is 13.1. The van der Waals surface area contributed by atoms with Crippen LogP contribution in [-0.4, -0.2) is 64.2 Å². The van der Waals surface area contributed by atoms with Crippen molar-refractivity contribution in [2.24, 2.45) is 11.3 Å². The van der Waals surface area contributed by atoms with Crippen molar-refractivity contribution in [2.75, 3.05) is 13.2 Å². The van der Waals surface area contributed by atoms with Gasteiger partial charge in [-0.15, -0.1) is 0 Å². The first-order valence-electron chi connectivity index (χ1n) is 13.7. The fraction of sp³-hybridized carbons (Fsp3) is 0.533. The zero-order valence-corrected chi connectivity index (χ0v) is 23.9. The molecule has 1 fully saturated rings. The third-order valence-electron chi connectivity index (χ3n) is 6.84. The molecule has 2 amide bonds. The standard InChI is InChI=1S/C30H42N4O5/c1-7-23-13-12-22-11-10-21(17-25(22)32-23)14-15-30(5,6)18-39-26(19(2)3)27(35)31-20(4)28(36)34-16-8-9-24(33-34)29(37)38/h10-15,17,19-20,24,26,33H,7-9,16,18H2,1-6H3,(H,31,35)(H,37,38)/b15-14+/t20-,24-,26?/m0/s1. The molecule has 0 bridgehead atoms. The van der Waals surface area contributed by atoms with Crippen LogP contribution in [-0.2, 0) is 25.5 Å². The molecule has 0 radical (unpaired) electrons. The Hall–Kier alpha value is -3.30. The Morgan fingerprint density at radius 3 is 2.62 bits per heavy atom. The number of carboxylic acids is 1. The number of rotatable bonds is 11. The monoisotopic (exact) mass is 538 g/mol. The van der Waals surface area contributed by atoms with Crippen molar-refractivity contribution in [3.63, 3.8) is 0 Å². The Morgan fingerprint density at radius 1 is 1.23 bits per heavy atom. The van der Waals surface area contributed by atoms with E-state index < -0.39 is 24.2 Å². The minimum Gasteiger partial charge on any atom is -0.480 e. The number of hydrogen-bond donors (Lipinski definition) is 3. The van der Waals surface area contributed by atoms with E-state index in [1.54, 1.807) is 6.92 Å². The van der Waals surface area contributed by atoms with Crippen LogP contribution < -0.4 is 10.7 Å². The Bertz CT molecular complexity index is 1210. The number of fused-ring (bicyclic) bond motifs is 1. The predicted octanol–water partition coefficient (Wildman–Crippen LogP) is 3.96. The highest BCUT2D eigenvalue weighted by molar-refractivity contribution is 5.89. The van der Waals surface area contributed by atoms with Crippen molar-refractivity contribution in [3.8, 4) is 0 Å². The molecule has 1 saturated heterocycles. The zero-order valence-electron chi connectivity index (χ0n) is 23.9. The zero-order chi connectivity index (χ0) is 28.7. The van der Waals surface area contributed by atoms with Crippen LogP contribution >= 0.6 is 0 Å². The van der Waals surface area contributed by atoms with E-state index in [-0.39, 0.29) is 23.1 Å². The van der Waals surface area contributed by atoms with Crippen molar-refractivity contribution in [1.82, 2.24) is 20.7 Å². The topological polar surface area (TPSA) is 121 Å². The number of aryl methyl sites for hydroxylation is 1. The molecular weight excluding hydrogens is 496 g/mol. The number of hydrogen-bond acceptors (Lipinski definition) is 6. The molecule has 1 unspecified atom stereocenters. The van der Waals surface area contributed by atoms with Gasteiger partial charge < -0.3 is 15.2 Å². The first kappa shape index (κ1) is 30.2.